The van der Waals surface area contributed by atoms with Crippen LogP contribution in [0.15, 0.2) is 18.2 Å². The summed E-state index contributed by atoms with van der Waals surface area (Å²) in [4.78, 5) is 24.0. The maximum atomic E-state index is 12.2. The topological polar surface area (TPSA) is 46.2 Å². The molecule has 1 aromatic carbocycles. The number of amides is 1. The smallest absolute Gasteiger partial charge is 0.251 e. The minimum Gasteiger partial charge on any atom is -0.352 e. The number of nitrogens with one attached hydrogen (secondary N) is 1. The van der Waals surface area contributed by atoms with Gasteiger partial charge in [-0.15, -0.1) is 0 Å². The van der Waals surface area contributed by atoms with Crippen LogP contribution in [0.25, 0.3) is 0 Å². The summed E-state index contributed by atoms with van der Waals surface area (Å²) in [6.07, 6.45) is 0.843. The van der Waals surface area contributed by atoms with Gasteiger partial charge in [-0.3, -0.25) is 9.59 Å². The SMILES string of the molecule is CC(C)C(C)C(=O)c1ccc2c(c1)C(=O)NCC2. The van der Waals surface area contributed by atoms with Crippen LogP contribution < -0.4 is 5.32 Å². The van der Waals surface area contributed by atoms with Crippen molar-refractivity contribution in [3.8, 4) is 0 Å². The predicted molar refractivity (Wildman–Crippen MR) is 70.8 cm³/mol. The second-order valence-corrected chi connectivity index (χ2v) is 5.27. The van der Waals surface area contributed by atoms with Crippen molar-refractivity contribution in [3.05, 3.63) is 34.9 Å². The Bertz CT molecular complexity index is 491. The molecular weight excluding hydrogens is 226 g/mol. The Morgan fingerprint density at radius 3 is 2.67 bits per heavy atom. The molecule has 0 bridgehead atoms. The first-order chi connectivity index (χ1) is 8.50. The lowest BCUT2D eigenvalue weighted by Crippen LogP contribution is -2.32. The van der Waals surface area contributed by atoms with Crippen molar-refractivity contribution in [2.24, 2.45) is 11.8 Å². The maximum Gasteiger partial charge on any atom is 0.251 e. The fourth-order valence-corrected chi connectivity index (χ4v) is 2.13. The number of rotatable bonds is 3. The third-order valence-corrected chi connectivity index (χ3v) is 3.73. The standard InChI is InChI=1S/C15H19NO2/c1-9(2)10(3)14(17)12-5-4-11-6-7-16-15(18)13(11)8-12/h4-5,8-10H,6-7H2,1-3H3,(H,16,18). The second kappa shape index (κ2) is 4.92. The van der Waals surface area contributed by atoms with E-state index in [1.54, 1.807) is 6.07 Å². The molecule has 0 fully saturated rings. The van der Waals surface area contributed by atoms with Crippen LogP contribution in [0.4, 0.5) is 0 Å². The molecule has 1 N–H and O–H groups in total. The van der Waals surface area contributed by atoms with E-state index in [9.17, 15) is 9.59 Å². The average Bonchev–Trinajstić information content (AvgIpc) is 2.37. The van der Waals surface area contributed by atoms with Crippen LogP contribution in [0.3, 0.4) is 0 Å². The third-order valence-electron chi connectivity index (χ3n) is 3.73. The van der Waals surface area contributed by atoms with Gasteiger partial charge < -0.3 is 5.32 Å². The molecule has 2 rings (SSSR count). The van der Waals surface area contributed by atoms with Crippen LogP contribution >= 0.6 is 0 Å². The Hall–Kier alpha value is -1.64. The molecule has 1 atom stereocenters. The molecule has 0 radical (unpaired) electrons. The molecule has 0 aliphatic carbocycles. The number of carbonyl (C=O) groups excluding carboxylic acids is 2. The minimum absolute atomic E-state index is 0.0188. The lowest BCUT2D eigenvalue weighted by atomic mass is 9.87. The van der Waals surface area contributed by atoms with Crippen LogP contribution in [-0.2, 0) is 6.42 Å². The van der Waals surface area contributed by atoms with Gasteiger partial charge in [0, 0.05) is 23.6 Å². The summed E-state index contributed by atoms with van der Waals surface area (Å²) in [5.41, 5.74) is 2.34. The van der Waals surface area contributed by atoms with Gasteiger partial charge in [-0.1, -0.05) is 32.9 Å². The highest BCUT2D eigenvalue weighted by Gasteiger charge is 2.22. The predicted octanol–water partition coefficient (Wildman–Crippen LogP) is 2.45. The normalized spacial score (nSPS) is 16.1. The van der Waals surface area contributed by atoms with Crippen LogP contribution in [0.1, 0.15) is 47.1 Å². The first-order valence-electron chi connectivity index (χ1n) is 6.46. The van der Waals surface area contributed by atoms with E-state index >= 15 is 0 Å². The van der Waals surface area contributed by atoms with Gasteiger partial charge in [-0.05, 0) is 24.0 Å². The largest absolute Gasteiger partial charge is 0.352 e. The first-order valence-corrected chi connectivity index (χ1v) is 6.46. The molecule has 96 valence electrons. The van der Waals surface area contributed by atoms with Crippen molar-refractivity contribution in [2.45, 2.75) is 27.2 Å². The van der Waals surface area contributed by atoms with Gasteiger partial charge in [0.2, 0.25) is 0 Å². The number of Topliss-reactive ketones (excluding diaryl/α,β-unsaturated/α-hetero) is 1. The highest BCUT2D eigenvalue weighted by molar-refractivity contribution is 6.02. The summed E-state index contributed by atoms with van der Waals surface area (Å²) in [7, 11) is 0. The van der Waals surface area contributed by atoms with Crippen LogP contribution in [0, 0.1) is 11.8 Å². The second-order valence-electron chi connectivity index (χ2n) is 5.27. The zero-order chi connectivity index (χ0) is 13.3. The van der Waals surface area contributed by atoms with Crippen molar-refractivity contribution in [3.63, 3.8) is 0 Å². The molecule has 1 heterocycles. The van der Waals surface area contributed by atoms with E-state index in [2.05, 4.69) is 5.32 Å². The Kier molecular flexibility index (Phi) is 3.50. The summed E-state index contributed by atoms with van der Waals surface area (Å²) in [5, 5.41) is 2.81. The van der Waals surface area contributed by atoms with E-state index in [4.69, 9.17) is 0 Å². The van der Waals surface area contributed by atoms with Crippen molar-refractivity contribution in [1.29, 1.82) is 0 Å². The van der Waals surface area contributed by atoms with E-state index in [1.165, 1.54) is 0 Å². The van der Waals surface area contributed by atoms with E-state index in [-0.39, 0.29) is 17.6 Å². The number of hydrogen-bond acceptors (Lipinski definition) is 2. The number of benzene rings is 1. The van der Waals surface area contributed by atoms with Gasteiger partial charge in [-0.2, -0.15) is 0 Å². The molecule has 3 nitrogen and oxygen atoms in total. The van der Waals surface area contributed by atoms with Crippen molar-refractivity contribution >= 4 is 11.7 Å². The van der Waals surface area contributed by atoms with Crippen LogP contribution in [0.5, 0.6) is 0 Å². The molecule has 1 unspecified atom stereocenters. The molecule has 0 saturated carbocycles. The van der Waals surface area contributed by atoms with E-state index in [0.717, 1.165) is 12.0 Å². The molecule has 18 heavy (non-hydrogen) atoms. The Balaban J connectivity index is 2.34. The fraction of sp³-hybridized carbons (Fsp3) is 0.467. The highest BCUT2D eigenvalue weighted by Crippen LogP contribution is 2.21. The lowest BCUT2D eigenvalue weighted by molar-refractivity contribution is 0.0899. The van der Waals surface area contributed by atoms with Crippen LogP contribution in [0.2, 0.25) is 0 Å². The molecule has 0 spiro atoms. The van der Waals surface area contributed by atoms with Gasteiger partial charge in [0.25, 0.3) is 5.91 Å². The van der Waals surface area contributed by atoms with Gasteiger partial charge in [0.15, 0.2) is 5.78 Å². The van der Waals surface area contributed by atoms with Crippen LogP contribution in [-0.4, -0.2) is 18.2 Å². The summed E-state index contributed by atoms with van der Waals surface area (Å²) in [5.74, 6) is 0.339. The van der Waals surface area contributed by atoms with Gasteiger partial charge in [0.1, 0.15) is 0 Å². The Labute approximate surface area is 108 Å². The molecule has 0 saturated heterocycles. The lowest BCUT2D eigenvalue weighted by Gasteiger charge is -2.19. The minimum atomic E-state index is -0.0666. The summed E-state index contributed by atoms with van der Waals surface area (Å²) in [6.45, 7) is 6.69. The Morgan fingerprint density at radius 1 is 1.28 bits per heavy atom. The highest BCUT2D eigenvalue weighted by atomic mass is 16.1. The van der Waals surface area contributed by atoms with Gasteiger partial charge in [-0.25, -0.2) is 0 Å². The van der Waals surface area contributed by atoms with E-state index in [0.29, 0.717) is 23.6 Å². The van der Waals surface area contributed by atoms with Crippen molar-refractivity contribution in [2.75, 3.05) is 6.54 Å². The molecule has 1 amide bonds. The molecule has 3 heteroatoms. The summed E-state index contributed by atoms with van der Waals surface area (Å²) < 4.78 is 0. The number of hydrogen-bond donors (Lipinski definition) is 1. The fourth-order valence-electron chi connectivity index (χ4n) is 2.13. The molecule has 1 aromatic rings. The zero-order valence-corrected chi connectivity index (χ0v) is 11.1. The van der Waals surface area contributed by atoms with Crippen molar-refractivity contribution in [1.82, 2.24) is 5.32 Å². The average molecular weight is 245 g/mol. The summed E-state index contributed by atoms with van der Waals surface area (Å²) in [6, 6.07) is 5.50. The van der Waals surface area contributed by atoms with Gasteiger partial charge >= 0.3 is 0 Å². The number of fused-ring (bicyclic) bond motifs is 1. The maximum absolute atomic E-state index is 12.2. The molecular formula is C15H19NO2. The quantitative estimate of drug-likeness (QED) is 0.831. The Morgan fingerprint density at radius 2 is 2.00 bits per heavy atom. The molecule has 1 aliphatic rings. The molecule has 1 aliphatic heterocycles. The zero-order valence-electron chi connectivity index (χ0n) is 11.1. The van der Waals surface area contributed by atoms with E-state index in [1.807, 2.05) is 32.9 Å². The number of ketones is 1. The first kappa shape index (κ1) is 12.8. The summed E-state index contributed by atoms with van der Waals surface area (Å²) >= 11 is 0. The number of carbonyl (C=O) groups is 2. The van der Waals surface area contributed by atoms with Gasteiger partial charge in [0.05, 0.1) is 0 Å². The molecule has 0 aromatic heterocycles. The monoisotopic (exact) mass is 245 g/mol. The van der Waals surface area contributed by atoms with Crippen molar-refractivity contribution < 1.29 is 9.59 Å². The van der Waals surface area contributed by atoms with E-state index < -0.39 is 0 Å². The third kappa shape index (κ3) is 2.30.